The van der Waals surface area contributed by atoms with Gasteiger partial charge in [0, 0.05) is 29.7 Å². The van der Waals surface area contributed by atoms with E-state index in [1.165, 1.54) is 0 Å². The number of nitrogens with one attached hydrogen (secondary N) is 1. The second kappa shape index (κ2) is 8.52. The zero-order valence-corrected chi connectivity index (χ0v) is 16.7. The number of amides is 1. The van der Waals surface area contributed by atoms with E-state index in [1.807, 2.05) is 0 Å². The molecule has 0 aromatic heterocycles. The molecule has 0 saturated carbocycles. The summed E-state index contributed by atoms with van der Waals surface area (Å²) in [6.07, 6.45) is -2.66. The molecule has 10 heteroatoms. The number of hydrogen-bond acceptors (Lipinski definition) is 5. The first kappa shape index (κ1) is 20.7. The van der Waals surface area contributed by atoms with Gasteiger partial charge in [-0.1, -0.05) is 15.9 Å². The summed E-state index contributed by atoms with van der Waals surface area (Å²) in [5, 5.41) is 3.92. The maximum Gasteiger partial charge on any atom is 0.416 e. The lowest BCUT2D eigenvalue weighted by atomic mass is 10.1. The van der Waals surface area contributed by atoms with Gasteiger partial charge in [-0.25, -0.2) is 10.8 Å². The minimum absolute atomic E-state index is 0.0412. The molecule has 152 valence electrons. The van der Waals surface area contributed by atoms with E-state index in [0.29, 0.717) is 31.6 Å². The first-order valence-corrected chi connectivity index (χ1v) is 9.74. The summed E-state index contributed by atoms with van der Waals surface area (Å²) < 4.78 is 41.2. The van der Waals surface area contributed by atoms with Gasteiger partial charge in [-0.15, -0.1) is 0 Å². The average Bonchev–Trinajstić information content (AvgIpc) is 3.03. The van der Waals surface area contributed by atoms with Crippen molar-refractivity contribution < 1.29 is 18.0 Å². The fourth-order valence-electron chi connectivity index (χ4n) is 3.20. The number of nitrogens with zero attached hydrogens (tertiary/aromatic N) is 3. The van der Waals surface area contributed by atoms with Crippen molar-refractivity contribution in [2.75, 3.05) is 25.0 Å². The van der Waals surface area contributed by atoms with Crippen molar-refractivity contribution in [1.82, 2.24) is 9.91 Å². The number of alkyl halides is 3. The minimum Gasteiger partial charge on any atom is -0.343 e. The van der Waals surface area contributed by atoms with Crippen LogP contribution in [-0.4, -0.2) is 47.6 Å². The fourth-order valence-corrected chi connectivity index (χ4v) is 3.46. The second-order valence-corrected chi connectivity index (χ2v) is 7.62. The lowest BCUT2D eigenvalue weighted by Crippen LogP contribution is -2.47. The third-order valence-electron chi connectivity index (χ3n) is 4.65. The van der Waals surface area contributed by atoms with Gasteiger partial charge < -0.3 is 10.2 Å². The lowest BCUT2D eigenvalue weighted by Gasteiger charge is -2.29. The minimum atomic E-state index is -4.51. The van der Waals surface area contributed by atoms with Gasteiger partial charge in [0.25, 0.3) is 0 Å². The Balaban J connectivity index is 1.76. The Morgan fingerprint density at radius 2 is 1.96 bits per heavy atom. The monoisotopic (exact) mass is 459 g/mol. The van der Waals surface area contributed by atoms with Crippen LogP contribution < -0.4 is 11.2 Å². The smallest absolute Gasteiger partial charge is 0.343 e. The SMILES string of the molecule is NN1CC(C(F)(F)F)=C(CCCN2CCCC2=O)N=C1Nc1ccc(Br)cc1. The molecular weight excluding hydrogens is 439 g/mol. The maximum absolute atomic E-state index is 13.5. The topological polar surface area (TPSA) is 74.0 Å². The van der Waals surface area contributed by atoms with Gasteiger partial charge >= 0.3 is 6.18 Å². The molecule has 2 aliphatic heterocycles. The van der Waals surface area contributed by atoms with Crippen molar-refractivity contribution in [2.45, 2.75) is 31.9 Å². The number of carbonyl (C=O) groups excluding carboxylic acids is 1. The summed E-state index contributed by atoms with van der Waals surface area (Å²) in [6, 6.07) is 7.14. The number of carbonyl (C=O) groups is 1. The van der Waals surface area contributed by atoms with Crippen LogP contribution in [0.3, 0.4) is 0 Å². The standard InChI is InChI=1S/C18H21BrF3N5O/c19-12-5-7-13(8-6-12)24-17-25-15(14(11-27(17)23)18(20,21)22)3-1-9-26-10-2-4-16(26)28/h5-8H,1-4,9-11,23H2,(H,24,25). The van der Waals surface area contributed by atoms with Crippen molar-refractivity contribution in [3.63, 3.8) is 0 Å². The van der Waals surface area contributed by atoms with Crippen LogP contribution in [0.25, 0.3) is 0 Å². The number of hydrogen-bond donors (Lipinski definition) is 2. The zero-order chi connectivity index (χ0) is 20.3. The molecule has 0 spiro atoms. The van der Waals surface area contributed by atoms with E-state index >= 15 is 0 Å². The summed E-state index contributed by atoms with van der Waals surface area (Å²) >= 11 is 3.33. The van der Waals surface area contributed by atoms with E-state index in [2.05, 4.69) is 26.2 Å². The molecule has 1 fully saturated rings. The Labute approximate surface area is 169 Å². The molecule has 28 heavy (non-hydrogen) atoms. The molecule has 0 atom stereocenters. The number of hydrazine groups is 1. The van der Waals surface area contributed by atoms with E-state index in [9.17, 15) is 18.0 Å². The highest BCUT2D eigenvalue weighted by Gasteiger charge is 2.39. The van der Waals surface area contributed by atoms with Gasteiger partial charge in [0.2, 0.25) is 11.9 Å². The number of guanidine groups is 1. The van der Waals surface area contributed by atoms with Crippen LogP contribution >= 0.6 is 15.9 Å². The predicted octanol–water partition coefficient (Wildman–Crippen LogP) is 3.63. The predicted molar refractivity (Wildman–Crippen MR) is 104 cm³/mol. The number of benzene rings is 1. The Morgan fingerprint density at radius 3 is 2.57 bits per heavy atom. The van der Waals surface area contributed by atoms with Crippen LogP contribution in [0.5, 0.6) is 0 Å². The van der Waals surface area contributed by atoms with E-state index in [0.717, 1.165) is 15.9 Å². The van der Waals surface area contributed by atoms with Gasteiger partial charge in [-0.2, -0.15) is 13.2 Å². The van der Waals surface area contributed by atoms with Crippen LogP contribution in [0.1, 0.15) is 25.7 Å². The number of halogens is 4. The van der Waals surface area contributed by atoms with Crippen molar-refractivity contribution >= 4 is 33.5 Å². The van der Waals surface area contributed by atoms with E-state index in [-0.39, 0.29) is 24.0 Å². The van der Waals surface area contributed by atoms with E-state index in [1.54, 1.807) is 29.2 Å². The Hall–Kier alpha value is -2.07. The highest BCUT2D eigenvalue weighted by molar-refractivity contribution is 9.10. The Kier molecular flexibility index (Phi) is 6.29. The molecule has 1 aromatic carbocycles. The lowest BCUT2D eigenvalue weighted by molar-refractivity contribution is -0.127. The van der Waals surface area contributed by atoms with Crippen LogP contribution in [0.2, 0.25) is 0 Å². The highest BCUT2D eigenvalue weighted by Crippen LogP contribution is 2.33. The molecular formula is C18H21BrF3N5O. The molecule has 1 amide bonds. The van der Waals surface area contributed by atoms with Gasteiger partial charge in [0.15, 0.2) is 0 Å². The number of rotatable bonds is 5. The van der Waals surface area contributed by atoms with E-state index in [4.69, 9.17) is 5.84 Å². The molecule has 6 nitrogen and oxygen atoms in total. The summed E-state index contributed by atoms with van der Waals surface area (Å²) in [5.41, 5.74) is -0.126. The number of aliphatic imine (C=N–C) groups is 1. The normalized spacial score (nSPS) is 18.0. The molecule has 0 radical (unpaired) electrons. The Morgan fingerprint density at radius 1 is 1.25 bits per heavy atom. The van der Waals surface area contributed by atoms with Gasteiger partial charge in [0.1, 0.15) is 0 Å². The summed E-state index contributed by atoms with van der Waals surface area (Å²) in [6.45, 7) is 0.620. The van der Waals surface area contributed by atoms with E-state index < -0.39 is 18.3 Å². The molecule has 2 aliphatic rings. The number of anilines is 1. The summed E-state index contributed by atoms with van der Waals surface area (Å²) in [5.74, 6) is 6.01. The third-order valence-corrected chi connectivity index (χ3v) is 5.17. The van der Waals surface area contributed by atoms with Crippen molar-refractivity contribution in [1.29, 1.82) is 0 Å². The molecule has 3 rings (SSSR count). The summed E-state index contributed by atoms with van der Waals surface area (Å²) in [7, 11) is 0. The molecule has 1 saturated heterocycles. The van der Waals surface area contributed by atoms with Gasteiger partial charge in [-0.05, 0) is 43.5 Å². The maximum atomic E-state index is 13.5. The van der Waals surface area contributed by atoms with Gasteiger partial charge in [-0.3, -0.25) is 9.80 Å². The quantitative estimate of drug-likeness (QED) is 0.659. The molecule has 2 heterocycles. The fraction of sp³-hybridized carbons (Fsp3) is 0.444. The molecule has 1 aromatic rings. The number of nitrogens with two attached hydrogens (primary N) is 1. The highest BCUT2D eigenvalue weighted by atomic mass is 79.9. The second-order valence-electron chi connectivity index (χ2n) is 6.71. The third kappa shape index (κ3) is 5.05. The van der Waals surface area contributed by atoms with Crippen molar-refractivity contribution in [3.05, 3.63) is 40.0 Å². The molecule has 0 unspecified atom stereocenters. The van der Waals surface area contributed by atoms with Gasteiger partial charge in [0.05, 0.1) is 17.8 Å². The first-order valence-electron chi connectivity index (χ1n) is 8.94. The summed E-state index contributed by atoms with van der Waals surface area (Å²) in [4.78, 5) is 17.5. The Bertz CT molecular complexity index is 791. The number of allylic oxidation sites excluding steroid dienone is 1. The van der Waals surface area contributed by atoms with Crippen LogP contribution in [-0.2, 0) is 4.79 Å². The largest absolute Gasteiger partial charge is 0.416 e. The first-order chi connectivity index (χ1) is 13.2. The van der Waals surface area contributed by atoms with Crippen LogP contribution in [0.4, 0.5) is 18.9 Å². The van der Waals surface area contributed by atoms with Crippen molar-refractivity contribution in [2.24, 2.45) is 10.8 Å². The van der Waals surface area contributed by atoms with Crippen molar-refractivity contribution in [3.8, 4) is 0 Å². The average molecular weight is 460 g/mol. The number of likely N-dealkylation sites (tertiary alicyclic amines) is 1. The molecule has 3 N–H and O–H groups in total. The molecule has 0 aliphatic carbocycles. The van der Waals surface area contributed by atoms with Crippen LogP contribution in [0.15, 0.2) is 45.0 Å². The van der Waals surface area contributed by atoms with Crippen LogP contribution in [0, 0.1) is 0 Å². The molecule has 0 bridgehead atoms. The zero-order valence-electron chi connectivity index (χ0n) is 15.1.